The summed E-state index contributed by atoms with van der Waals surface area (Å²) in [6, 6.07) is 8.22. The lowest BCUT2D eigenvalue weighted by molar-refractivity contribution is 1.50. The molecule has 0 aliphatic carbocycles. The molecule has 1 nitrogen and oxygen atoms in total. The minimum atomic E-state index is 1.02. The molecule has 0 radical (unpaired) electrons. The van der Waals surface area contributed by atoms with Crippen molar-refractivity contribution in [3.05, 3.63) is 60.7 Å². The van der Waals surface area contributed by atoms with Gasteiger partial charge in [0.2, 0.25) is 0 Å². The molecule has 1 heteroatoms. The molecule has 0 heterocycles. The summed E-state index contributed by atoms with van der Waals surface area (Å²) in [5.41, 5.74) is 3.29. The molecule has 15 heavy (non-hydrogen) atoms. The number of hydrogen-bond donors (Lipinski definition) is 1. The highest BCUT2D eigenvalue weighted by Crippen LogP contribution is 2.16. The minimum Gasteiger partial charge on any atom is -0.388 e. The average Bonchev–Trinajstić information content (AvgIpc) is 2.29. The number of nitrogens with one attached hydrogen (secondary N) is 1. The second kappa shape index (κ2) is 5.86. The standard InChI is InChI=1S/C14H17N/c1-4-5-6-7-12(2)13-8-10-14(15-3)11-9-13/h4-11,15H,2H2,1,3H3/b5-4-,7-6-. The lowest BCUT2D eigenvalue weighted by Crippen LogP contribution is -1.87. The lowest BCUT2D eigenvalue weighted by atomic mass is 10.1. The van der Waals surface area contributed by atoms with E-state index in [0.29, 0.717) is 0 Å². The van der Waals surface area contributed by atoms with Gasteiger partial charge in [-0.3, -0.25) is 0 Å². The maximum Gasteiger partial charge on any atom is 0.0337 e. The Morgan fingerprint density at radius 1 is 1.20 bits per heavy atom. The predicted octanol–water partition coefficient (Wildman–Crippen LogP) is 3.87. The number of rotatable bonds is 4. The SMILES string of the molecule is C=C(/C=C\C=C/C)c1ccc(NC)cc1. The maximum atomic E-state index is 4.01. The van der Waals surface area contributed by atoms with Crippen molar-refractivity contribution in [3.63, 3.8) is 0 Å². The third-order valence-corrected chi connectivity index (χ3v) is 2.15. The molecule has 0 saturated carbocycles. The zero-order valence-electron chi connectivity index (χ0n) is 9.33. The van der Waals surface area contributed by atoms with Gasteiger partial charge in [-0.1, -0.05) is 43.0 Å². The molecule has 0 aliphatic heterocycles. The van der Waals surface area contributed by atoms with E-state index >= 15 is 0 Å². The zero-order valence-corrected chi connectivity index (χ0v) is 9.33. The Morgan fingerprint density at radius 2 is 1.87 bits per heavy atom. The van der Waals surface area contributed by atoms with Crippen molar-refractivity contribution in [1.29, 1.82) is 0 Å². The molecule has 1 aromatic rings. The van der Waals surface area contributed by atoms with Gasteiger partial charge < -0.3 is 5.32 Å². The molecule has 1 N–H and O–H groups in total. The van der Waals surface area contributed by atoms with Crippen molar-refractivity contribution in [1.82, 2.24) is 0 Å². The van der Waals surface area contributed by atoms with Crippen LogP contribution in [0.3, 0.4) is 0 Å². The van der Waals surface area contributed by atoms with Crippen molar-refractivity contribution in [2.45, 2.75) is 6.92 Å². The first-order valence-corrected chi connectivity index (χ1v) is 5.04. The van der Waals surface area contributed by atoms with E-state index in [9.17, 15) is 0 Å². The largest absolute Gasteiger partial charge is 0.388 e. The molecule has 0 saturated heterocycles. The molecule has 0 aliphatic rings. The van der Waals surface area contributed by atoms with E-state index in [-0.39, 0.29) is 0 Å². The van der Waals surface area contributed by atoms with Crippen molar-refractivity contribution in [2.75, 3.05) is 12.4 Å². The second-order valence-corrected chi connectivity index (χ2v) is 3.24. The van der Waals surface area contributed by atoms with Gasteiger partial charge >= 0.3 is 0 Å². The summed E-state index contributed by atoms with van der Waals surface area (Å²) in [6.45, 7) is 6.01. The van der Waals surface area contributed by atoms with E-state index in [1.807, 2.05) is 50.4 Å². The van der Waals surface area contributed by atoms with Crippen LogP contribution >= 0.6 is 0 Å². The minimum absolute atomic E-state index is 1.02. The Kier molecular flexibility index (Phi) is 4.42. The second-order valence-electron chi connectivity index (χ2n) is 3.24. The summed E-state index contributed by atoms with van der Waals surface area (Å²) < 4.78 is 0. The van der Waals surface area contributed by atoms with Gasteiger partial charge in [-0.05, 0) is 30.2 Å². The molecule has 0 amide bonds. The van der Waals surface area contributed by atoms with Gasteiger partial charge in [0.25, 0.3) is 0 Å². The Balaban J connectivity index is 2.74. The number of hydrogen-bond acceptors (Lipinski definition) is 1. The van der Waals surface area contributed by atoms with Crippen LogP contribution in [-0.2, 0) is 0 Å². The van der Waals surface area contributed by atoms with Crippen LogP contribution in [0.4, 0.5) is 5.69 Å². The first-order chi connectivity index (χ1) is 7.27. The van der Waals surface area contributed by atoms with Crippen LogP contribution in [0.5, 0.6) is 0 Å². The number of benzene rings is 1. The number of anilines is 1. The van der Waals surface area contributed by atoms with E-state index in [4.69, 9.17) is 0 Å². The molecule has 0 aromatic heterocycles. The van der Waals surface area contributed by atoms with Crippen molar-refractivity contribution in [2.24, 2.45) is 0 Å². The molecule has 0 fully saturated rings. The van der Waals surface area contributed by atoms with Crippen LogP contribution in [0.15, 0.2) is 55.1 Å². The summed E-state index contributed by atoms with van der Waals surface area (Å²) in [6.07, 6.45) is 7.99. The van der Waals surface area contributed by atoms with Crippen molar-refractivity contribution in [3.8, 4) is 0 Å². The van der Waals surface area contributed by atoms with E-state index in [2.05, 4.69) is 24.0 Å². The molecule has 78 valence electrons. The van der Waals surface area contributed by atoms with Gasteiger partial charge in [-0.15, -0.1) is 0 Å². The predicted molar refractivity (Wildman–Crippen MR) is 69.0 cm³/mol. The summed E-state index contributed by atoms with van der Waals surface area (Å²) in [5, 5.41) is 3.09. The first kappa shape index (κ1) is 11.3. The fourth-order valence-corrected chi connectivity index (χ4v) is 1.23. The third kappa shape index (κ3) is 3.47. The fraction of sp³-hybridized carbons (Fsp3) is 0.143. The van der Waals surface area contributed by atoms with E-state index in [0.717, 1.165) is 16.8 Å². The molecule has 0 unspecified atom stereocenters. The van der Waals surface area contributed by atoms with Crippen LogP contribution in [0.25, 0.3) is 5.57 Å². The number of allylic oxidation sites excluding steroid dienone is 5. The quantitative estimate of drug-likeness (QED) is 0.726. The van der Waals surface area contributed by atoms with Crippen LogP contribution in [-0.4, -0.2) is 7.05 Å². The van der Waals surface area contributed by atoms with Gasteiger partial charge in [-0.2, -0.15) is 0 Å². The monoisotopic (exact) mass is 199 g/mol. The average molecular weight is 199 g/mol. The Morgan fingerprint density at radius 3 is 2.40 bits per heavy atom. The summed E-state index contributed by atoms with van der Waals surface area (Å²) in [4.78, 5) is 0. The van der Waals surface area contributed by atoms with E-state index < -0.39 is 0 Å². The smallest absolute Gasteiger partial charge is 0.0337 e. The van der Waals surface area contributed by atoms with Gasteiger partial charge in [0.05, 0.1) is 0 Å². The van der Waals surface area contributed by atoms with Crippen molar-refractivity contribution < 1.29 is 0 Å². The Hall–Kier alpha value is -1.76. The van der Waals surface area contributed by atoms with E-state index in [1.54, 1.807) is 0 Å². The fourth-order valence-electron chi connectivity index (χ4n) is 1.23. The van der Waals surface area contributed by atoms with Gasteiger partial charge in [0.15, 0.2) is 0 Å². The van der Waals surface area contributed by atoms with Crippen LogP contribution in [0.2, 0.25) is 0 Å². The van der Waals surface area contributed by atoms with Gasteiger partial charge in [0.1, 0.15) is 0 Å². The molecule has 1 aromatic carbocycles. The topological polar surface area (TPSA) is 12.0 Å². The summed E-state index contributed by atoms with van der Waals surface area (Å²) >= 11 is 0. The zero-order chi connectivity index (χ0) is 11.1. The molecule has 0 atom stereocenters. The summed E-state index contributed by atoms with van der Waals surface area (Å²) in [7, 11) is 1.91. The van der Waals surface area contributed by atoms with Crippen LogP contribution in [0.1, 0.15) is 12.5 Å². The Labute approximate surface area is 91.8 Å². The normalized spacial score (nSPS) is 11.1. The van der Waals surface area contributed by atoms with Crippen LogP contribution in [0, 0.1) is 0 Å². The first-order valence-electron chi connectivity index (χ1n) is 5.04. The molecule has 0 bridgehead atoms. The maximum absolute atomic E-state index is 4.01. The highest BCUT2D eigenvalue weighted by atomic mass is 14.8. The highest BCUT2D eigenvalue weighted by Gasteiger charge is 1.94. The third-order valence-electron chi connectivity index (χ3n) is 2.15. The lowest BCUT2D eigenvalue weighted by Gasteiger charge is -2.02. The Bertz CT molecular complexity index is 369. The van der Waals surface area contributed by atoms with Gasteiger partial charge in [0, 0.05) is 12.7 Å². The molecule has 0 spiro atoms. The molecular weight excluding hydrogens is 182 g/mol. The van der Waals surface area contributed by atoms with Crippen LogP contribution < -0.4 is 5.32 Å². The molecule has 1 rings (SSSR count). The highest BCUT2D eigenvalue weighted by molar-refractivity contribution is 5.73. The van der Waals surface area contributed by atoms with Crippen molar-refractivity contribution >= 4 is 11.3 Å². The molecular formula is C14H17N. The van der Waals surface area contributed by atoms with E-state index in [1.165, 1.54) is 0 Å². The summed E-state index contributed by atoms with van der Waals surface area (Å²) in [5.74, 6) is 0. The van der Waals surface area contributed by atoms with Gasteiger partial charge in [-0.25, -0.2) is 0 Å².